The normalized spacial score (nSPS) is 14.2. The van der Waals surface area contributed by atoms with Gasteiger partial charge in [-0.05, 0) is 30.5 Å². The molecule has 2 rings (SSSR count). The first-order valence-electron chi connectivity index (χ1n) is 6.08. The van der Waals surface area contributed by atoms with E-state index in [0.717, 1.165) is 22.3 Å². The molecule has 2 aromatic carbocycles. The number of benzene rings is 2. The predicted octanol–water partition coefficient (Wildman–Crippen LogP) is 3.07. The fraction of sp³-hybridized carbons (Fsp3) is 0.250. The van der Waals surface area contributed by atoms with Crippen LogP contribution < -0.4 is 0 Å². The molecule has 2 N–H and O–H groups in total. The van der Waals surface area contributed by atoms with Crippen molar-refractivity contribution in [3.05, 3.63) is 70.8 Å². The Morgan fingerprint density at radius 1 is 0.833 bits per heavy atom. The van der Waals surface area contributed by atoms with Crippen molar-refractivity contribution >= 4 is 0 Å². The van der Waals surface area contributed by atoms with Gasteiger partial charge in [0.2, 0.25) is 0 Å². The van der Waals surface area contributed by atoms with Gasteiger partial charge in [-0.3, -0.25) is 0 Å². The first-order chi connectivity index (χ1) is 8.59. The van der Waals surface area contributed by atoms with Crippen LogP contribution in [-0.4, -0.2) is 10.2 Å². The molecule has 18 heavy (non-hydrogen) atoms. The maximum absolute atomic E-state index is 10.3. The lowest BCUT2D eigenvalue weighted by Gasteiger charge is -2.20. The van der Waals surface area contributed by atoms with Crippen LogP contribution in [0.1, 0.15) is 34.5 Å². The summed E-state index contributed by atoms with van der Waals surface area (Å²) in [4.78, 5) is 0. The Hall–Kier alpha value is -1.64. The first kappa shape index (κ1) is 12.8. The highest BCUT2D eigenvalue weighted by molar-refractivity contribution is 5.34. The maximum atomic E-state index is 10.3. The fourth-order valence-corrected chi connectivity index (χ4v) is 2.08. The average Bonchev–Trinajstić information content (AvgIpc) is 2.41. The minimum Gasteiger partial charge on any atom is -0.385 e. The van der Waals surface area contributed by atoms with Crippen LogP contribution in [0, 0.1) is 13.8 Å². The molecule has 0 saturated carbocycles. The molecular formula is C16H18O2. The van der Waals surface area contributed by atoms with Crippen molar-refractivity contribution in [2.45, 2.75) is 26.1 Å². The van der Waals surface area contributed by atoms with Gasteiger partial charge in [0.25, 0.3) is 0 Å². The number of aliphatic hydroxyl groups excluding tert-OH is 2. The van der Waals surface area contributed by atoms with Gasteiger partial charge in [0.1, 0.15) is 12.2 Å². The van der Waals surface area contributed by atoms with E-state index in [4.69, 9.17) is 0 Å². The summed E-state index contributed by atoms with van der Waals surface area (Å²) in [5.41, 5.74) is 3.58. The zero-order valence-electron chi connectivity index (χ0n) is 10.7. The molecule has 0 heterocycles. The number of rotatable bonds is 3. The third-order valence-corrected chi connectivity index (χ3v) is 3.19. The lowest BCUT2D eigenvalue weighted by molar-refractivity contribution is 0.0168. The Bertz CT molecular complexity index is 520. The van der Waals surface area contributed by atoms with E-state index in [0.29, 0.717) is 0 Å². The third-order valence-electron chi connectivity index (χ3n) is 3.19. The van der Waals surface area contributed by atoms with Gasteiger partial charge < -0.3 is 10.2 Å². The van der Waals surface area contributed by atoms with E-state index in [-0.39, 0.29) is 0 Å². The molecule has 0 radical (unpaired) electrons. The van der Waals surface area contributed by atoms with Crippen LogP contribution in [-0.2, 0) is 0 Å². The van der Waals surface area contributed by atoms with E-state index < -0.39 is 12.2 Å². The molecule has 2 atom stereocenters. The van der Waals surface area contributed by atoms with Crippen LogP contribution in [0.3, 0.4) is 0 Å². The molecule has 0 amide bonds. The van der Waals surface area contributed by atoms with Gasteiger partial charge in [-0.1, -0.05) is 54.1 Å². The van der Waals surface area contributed by atoms with Crippen molar-refractivity contribution in [1.82, 2.24) is 0 Å². The maximum Gasteiger partial charge on any atom is 0.109 e. The molecule has 0 aliphatic heterocycles. The zero-order chi connectivity index (χ0) is 13.1. The molecule has 0 aliphatic carbocycles. The van der Waals surface area contributed by atoms with Crippen LogP contribution in [0.4, 0.5) is 0 Å². The van der Waals surface area contributed by atoms with Crippen LogP contribution in [0.25, 0.3) is 0 Å². The van der Waals surface area contributed by atoms with E-state index in [1.807, 2.05) is 62.4 Å². The number of aliphatic hydroxyl groups is 2. The van der Waals surface area contributed by atoms with E-state index >= 15 is 0 Å². The van der Waals surface area contributed by atoms with E-state index in [1.54, 1.807) is 0 Å². The molecule has 94 valence electrons. The van der Waals surface area contributed by atoms with Gasteiger partial charge in [-0.25, -0.2) is 0 Å². The van der Waals surface area contributed by atoms with Gasteiger partial charge in [-0.2, -0.15) is 0 Å². The Morgan fingerprint density at radius 3 is 2.17 bits per heavy atom. The molecule has 0 saturated heterocycles. The molecule has 2 unspecified atom stereocenters. The van der Waals surface area contributed by atoms with Crippen molar-refractivity contribution in [3.63, 3.8) is 0 Å². The predicted molar refractivity (Wildman–Crippen MR) is 72.3 cm³/mol. The quantitative estimate of drug-likeness (QED) is 0.868. The average molecular weight is 242 g/mol. The molecule has 0 aliphatic rings. The van der Waals surface area contributed by atoms with E-state index in [9.17, 15) is 10.2 Å². The Kier molecular flexibility index (Phi) is 3.80. The summed E-state index contributed by atoms with van der Waals surface area (Å²) < 4.78 is 0. The molecule has 0 aromatic heterocycles. The lowest BCUT2D eigenvalue weighted by atomic mass is 9.94. The molecule has 0 bridgehead atoms. The minimum absolute atomic E-state index is 0.728. The van der Waals surface area contributed by atoms with Crippen molar-refractivity contribution < 1.29 is 10.2 Å². The topological polar surface area (TPSA) is 40.5 Å². The highest BCUT2D eigenvalue weighted by atomic mass is 16.3. The summed E-state index contributed by atoms with van der Waals surface area (Å²) in [7, 11) is 0. The van der Waals surface area contributed by atoms with Gasteiger partial charge in [0, 0.05) is 0 Å². The highest BCUT2D eigenvalue weighted by Gasteiger charge is 2.21. The number of hydrogen-bond acceptors (Lipinski definition) is 2. The third kappa shape index (κ3) is 2.61. The van der Waals surface area contributed by atoms with E-state index in [1.165, 1.54) is 0 Å². The molecule has 0 fully saturated rings. The van der Waals surface area contributed by atoms with Gasteiger partial charge >= 0.3 is 0 Å². The molecule has 0 spiro atoms. The standard InChI is InChI=1S/C16H18O2/c1-11-8-9-12(2)14(10-11)16(18)15(17)13-6-4-3-5-7-13/h3-10,15-18H,1-2H3. The Balaban J connectivity index is 2.31. The Morgan fingerprint density at radius 2 is 1.50 bits per heavy atom. The van der Waals surface area contributed by atoms with Crippen LogP contribution >= 0.6 is 0 Å². The number of hydrogen-bond donors (Lipinski definition) is 2. The second kappa shape index (κ2) is 5.34. The summed E-state index contributed by atoms with van der Waals surface area (Å²) in [6.45, 7) is 3.92. The summed E-state index contributed by atoms with van der Waals surface area (Å²) in [5, 5.41) is 20.5. The Labute approximate surface area is 108 Å². The van der Waals surface area contributed by atoms with Crippen LogP contribution in [0.2, 0.25) is 0 Å². The van der Waals surface area contributed by atoms with Gasteiger partial charge in [-0.15, -0.1) is 0 Å². The van der Waals surface area contributed by atoms with E-state index in [2.05, 4.69) is 0 Å². The second-order valence-electron chi connectivity index (χ2n) is 4.66. The summed E-state index contributed by atoms with van der Waals surface area (Å²) >= 11 is 0. The first-order valence-corrected chi connectivity index (χ1v) is 6.08. The molecule has 2 aromatic rings. The van der Waals surface area contributed by atoms with Crippen molar-refractivity contribution in [1.29, 1.82) is 0 Å². The summed E-state index contributed by atoms with van der Waals surface area (Å²) in [6, 6.07) is 15.1. The zero-order valence-corrected chi connectivity index (χ0v) is 10.7. The fourth-order valence-electron chi connectivity index (χ4n) is 2.08. The summed E-state index contributed by atoms with van der Waals surface area (Å²) in [6.07, 6.45) is -1.79. The van der Waals surface area contributed by atoms with Crippen LogP contribution in [0.5, 0.6) is 0 Å². The number of aryl methyl sites for hydroxylation is 2. The highest BCUT2D eigenvalue weighted by Crippen LogP contribution is 2.30. The van der Waals surface area contributed by atoms with Crippen molar-refractivity contribution in [3.8, 4) is 0 Å². The van der Waals surface area contributed by atoms with Gasteiger partial charge in [0.15, 0.2) is 0 Å². The summed E-state index contributed by atoms with van der Waals surface area (Å²) in [5.74, 6) is 0. The molecule has 2 heteroatoms. The van der Waals surface area contributed by atoms with Crippen LogP contribution in [0.15, 0.2) is 48.5 Å². The smallest absolute Gasteiger partial charge is 0.109 e. The van der Waals surface area contributed by atoms with Crippen molar-refractivity contribution in [2.24, 2.45) is 0 Å². The molecular weight excluding hydrogens is 224 g/mol. The molecule has 2 nitrogen and oxygen atoms in total. The minimum atomic E-state index is -0.897. The largest absolute Gasteiger partial charge is 0.385 e. The van der Waals surface area contributed by atoms with Gasteiger partial charge in [0.05, 0.1) is 0 Å². The lowest BCUT2D eigenvalue weighted by Crippen LogP contribution is -2.11. The second-order valence-corrected chi connectivity index (χ2v) is 4.66. The SMILES string of the molecule is Cc1ccc(C)c(C(O)C(O)c2ccccc2)c1. The van der Waals surface area contributed by atoms with Crippen molar-refractivity contribution in [2.75, 3.05) is 0 Å². The monoisotopic (exact) mass is 242 g/mol.